The molecular formula is C22H43N5O12. The summed E-state index contributed by atoms with van der Waals surface area (Å²) < 4.78 is 22.7. The molecule has 15 N–H and O–H groups in total. The Morgan fingerprint density at radius 1 is 1.03 bits per heavy atom. The number of nitrogens with one attached hydrogen (secondary N) is 2. The highest BCUT2D eigenvalue weighted by Gasteiger charge is 2.53. The molecule has 39 heavy (non-hydrogen) atoms. The van der Waals surface area contributed by atoms with Crippen molar-refractivity contribution < 1.29 is 59.5 Å². The van der Waals surface area contributed by atoms with Crippen LogP contribution in [-0.4, -0.2) is 160 Å². The highest BCUT2D eigenvalue weighted by atomic mass is 16.7. The minimum absolute atomic E-state index is 0.0836. The molecule has 1 amide bonds. The van der Waals surface area contributed by atoms with E-state index in [1.54, 1.807) is 0 Å². The molecule has 0 aromatic heterocycles. The van der Waals surface area contributed by atoms with Crippen LogP contribution in [0.3, 0.4) is 0 Å². The third-order valence-electron chi connectivity index (χ3n) is 7.50. The quantitative estimate of drug-likeness (QED) is 0.123. The zero-order valence-corrected chi connectivity index (χ0v) is 21.8. The second kappa shape index (κ2) is 13.2. The van der Waals surface area contributed by atoms with E-state index in [0.29, 0.717) is 0 Å². The van der Waals surface area contributed by atoms with Gasteiger partial charge in [-0.3, -0.25) is 4.79 Å². The van der Waals surface area contributed by atoms with Crippen molar-refractivity contribution in [1.29, 1.82) is 0 Å². The number of hydrogen-bond donors (Lipinski definition) is 12. The molecular weight excluding hydrogens is 526 g/mol. The number of aliphatic hydroxyl groups is 7. The van der Waals surface area contributed by atoms with Gasteiger partial charge in [-0.25, -0.2) is 0 Å². The summed E-state index contributed by atoms with van der Waals surface area (Å²) in [4.78, 5) is 12.4. The zero-order valence-electron chi connectivity index (χ0n) is 21.8. The average Bonchev–Trinajstić information content (AvgIpc) is 2.89. The second-order valence-electron chi connectivity index (χ2n) is 10.5. The summed E-state index contributed by atoms with van der Waals surface area (Å²) in [6.45, 7) is 0.634. The van der Waals surface area contributed by atoms with Crippen LogP contribution in [-0.2, 0) is 23.7 Å². The number of amides is 1. The molecule has 17 heteroatoms. The molecule has 0 aromatic rings. The maximum Gasteiger partial charge on any atom is 0.250 e. The number of carbonyl (C=O) groups excluding carboxylic acids is 1. The van der Waals surface area contributed by atoms with E-state index >= 15 is 0 Å². The first kappa shape index (κ1) is 32.4. The van der Waals surface area contributed by atoms with E-state index in [4.69, 9.17) is 36.1 Å². The fraction of sp³-hybridized carbons (Fsp3) is 0.955. The van der Waals surface area contributed by atoms with Crippen LogP contribution in [0, 0.1) is 0 Å². The summed E-state index contributed by atoms with van der Waals surface area (Å²) in [6, 6.07) is -2.92. The Balaban J connectivity index is 1.84. The van der Waals surface area contributed by atoms with Gasteiger partial charge in [-0.1, -0.05) is 0 Å². The van der Waals surface area contributed by atoms with E-state index in [9.17, 15) is 40.5 Å². The lowest BCUT2D eigenvalue weighted by Gasteiger charge is -2.49. The molecule has 3 fully saturated rings. The lowest BCUT2D eigenvalue weighted by molar-refractivity contribution is -0.330. The minimum atomic E-state index is -1.72. The first-order valence-corrected chi connectivity index (χ1v) is 12.8. The van der Waals surface area contributed by atoms with Gasteiger partial charge in [0.25, 0.3) is 0 Å². The van der Waals surface area contributed by atoms with Gasteiger partial charge in [-0.05, 0) is 20.4 Å². The topological polar surface area (TPSA) is 298 Å². The Labute approximate surface area is 225 Å². The Kier molecular flexibility index (Phi) is 11.0. The van der Waals surface area contributed by atoms with Crippen LogP contribution in [0.5, 0.6) is 0 Å². The molecule has 17 nitrogen and oxygen atoms in total. The fourth-order valence-corrected chi connectivity index (χ4v) is 5.22. The molecule has 0 aromatic carbocycles. The lowest BCUT2D eigenvalue weighted by atomic mass is 9.83. The summed E-state index contributed by atoms with van der Waals surface area (Å²) in [6.07, 6.45) is -16.3. The zero-order chi connectivity index (χ0) is 29.2. The van der Waals surface area contributed by atoms with Gasteiger partial charge >= 0.3 is 0 Å². The maximum atomic E-state index is 12.4. The van der Waals surface area contributed by atoms with Gasteiger partial charge in [0, 0.05) is 19.1 Å². The van der Waals surface area contributed by atoms with Gasteiger partial charge in [-0.2, -0.15) is 0 Å². The highest BCUT2D eigenvalue weighted by molar-refractivity contribution is 5.81. The van der Waals surface area contributed by atoms with Crippen LogP contribution in [0.4, 0.5) is 0 Å². The summed E-state index contributed by atoms with van der Waals surface area (Å²) in [5.41, 5.74) is 15.8. The third kappa shape index (κ3) is 6.85. The smallest absolute Gasteiger partial charge is 0.250 e. The largest absolute Gasteiger partial charge is 0.388 e. The molecule has 3 rings (SSSR count). The number of nitrogens with two attached hydrogens (primary N) is 3. The predicted octanol–water partition coefficient (Wildman–Crippen LogP) is -7.52. The minimum Gasteiger partial charge on any atom is -0.388 e. The van der Waals surface area contributed by atoms with Gasteiger partial charge in [0.1, 0.15) is 60.5 Å². The number of ether oxygens (including phenoxy) is 4. The molecule has 1 aliphatic carbocycles. The summed E-state index contributed by atoms with van der Waals surface area (Å²) in [5.74, 6) is -0.857. The Morgan fingerprint density at radius 3 is 2.26 bits per heavy atom. The number of rotatable bonds is 9. The second-order valence-corrected chi connectivity index (χ2v) is 10.5. The molecule has 1 saturated carbocycles. The van der Waals surface area contributed by atoms with Crippen LogP contribution < -0.4 is 27.8 Å². The highest BCUT2D eigenvalue weighted by Crippen LogP contribution is 2.32. The van der Waals surface area contributed by atoms with E-state index in [-0.39, 0.29) is 26.1 Å². The number of aliphatic hydroxyl groups excluding tert-OH is 6. The lowest BCUT2D eigenvalue weighted by Crippen LogP contribution is -2.70. The Bertz CT molecular complexity index is 811. The predicted molar refractivity (Wildman–Crippen MR) is 130 cm³/mol. The third-order valence-corrected chi connectivity index (χ3v) is 7.50. The molecule has 0 unspecified atom stereocenters. The van der Waals surface area contributed by atoms with Gasteiger partial charge < -0.3 is 82.5 Å². The first-order valence-electron chi connectivity index (χ1n) is 12.8. The van der Waals surface area contributed by atoms with Gasteiger partial charge in [0.2, 0.25) is 5.91 Å². The van der Waals surface area contributed by atoms with E-state index in [2.05, 4.69) is 10.6 Å². The van der Waals surface area contributed by atoms with Gasteiger partial charge in [0.05, 0.1) is 18.7 Å². The summed E-state index contributed by atoms with van der Waals surface area (Å²) in [7, 11) is 1.52. The van der Waals surface area contributed by atoms with E-state index in [1.807, 2.05) is 0 Å². The average molecular weight is 570 g/mol. The maximum absolute atomic E-state index is 12.4. The number of likely N-dealkylation sites (N-methyl/N-ethyl adjacent to an activating group) is 1. The normalized spacial score (nSPS) is 47.9. The molecule has 2 heterocycles. The molecule has 228 valence electrons. The van der Waals surface area contributed by atoms with E-state index in [1.165, 1.54) is 14.0 Å². The van der Waals surface area contributed by atoms with Crippen molar-refractivity contribution in [1.82, 2.24) is 10.6 Å². The van der Waals surface area contributed by atoms with E-state index in [0.717, 1.165) is 0 Å². The molecule has 15 atom stereocenters. The molecule has 2 saturated heterocycles. The van der Waals surface area contributed by atoms with Crippen LogP contribution in [0.15, 0.2) is 0 Å². The van der Waals surface area contributed by atoms with Gasteiger partial charge in [-0.15, -0.1) is 0 Å². The first-order chi connectivity index (χ1) is 18.3. The van der Waals surface area contributed by atoms with Crippen molar-refractivity contribution in [3.8, 4) is 0 Å². The molecule has 0 radical (unpaired) electrons. The number of hydrogen-bond acceptors (Lipinski definition) is 16. The van der Waals surface area contributed by atoms with Crippen LogP contribution in [0.1, 0.15) is 13.3 Å². The van der Waals surface area contributed by atoms with Crippen molar-refractivity contribution in [3.05, 3.63) is 0 Å². The van der Waals surface area contributed by atoms with E-state index < -0.39 is 97.1 Å². The fourth-order valence-electron chi connectivity index (χ4n) is 5.22. The standard InChI is InChI=1S/C22H43N5O12/c1-22(35)6-36-20(15(33)18(22)26-2)39-17-8(27-19(34)9(28)4-23)3-7(25)16(14(17)32)38-21-13(31)12(30)11(29)10(5-24)37-21/h7-18,20-21,26,28-33,35H,3-6,23-25H2,1-2H3,(H,27,34)/t7-,8+,9-,10+,11+,12-,13+,14-,15-,16+,17-,18-,20-,21+,22+/m0/s1. The molecule has 2 aliphatic heterocycles. The monoisotopic (exact) mass is 569 g/mol. The van der Waals surface area contributed by atoms with Crippen molar-refractivity contribution in [2.24, 2.45) is 17.2 Å². The van der Waals surface area contributed by atoms with Crippen LogP contribution >= 0.6 is 0 Å². The van der Waals surface area contributed by atoms with Crippen molar-refractivity contribution in [3.63, 3.8) is 0 Å². The molecule has 3 aliphatic rings. The van der Waals surface area contributed by atoms with Crippen LogP contribution in [0.2, 0.25) is 0 Å². The van der Waals surface area contributed by atoms with Crippen LogP contribution in [0.25, 0.3) is 0 Å². The SMILES string of the molecule is CN[C@H]1[C@H](O)[C@H](O[C@@H]2[C@@H](O)[C@H](O[C@H]3O[C@H](CN)[C@@H](O)[C@H](O)[C@H]3O)[C@@H](N)C[C@H]2NC(=O)[C@@H](O)CN)OC[C@@]1(C)O. The van der Waals surface area contributed by atoms with Crippen molar-refractivity contribution in [2.75, 3.05) is 26.7 Å². The Hall–Kier alpha value is -1.13. The molecule has 0 bridgehead atoms. The molecule has 0 spiro atoms. The summed E-state index contributed by atoms with van der Waals surface area (Å²) in [5, 5.41) is 78.5. The summed E-state index contributed by atoms with van der Waals surface area (Å²) >= 11 is 0. The van der Waals surface area contributed by atoms with Crippen molar-refractivity contribution >= 4 is 5.91 Å². The van der Waals surface area contributed by atoms with Gasteiger partial charge in [0.15, 0.2) is 12.6 Å². The Morgan fingerprint density at radius 2 is 1.67 bits per heavy atom. The number of carbonyl (C=O) groups is 1. The van der Waals surface area contributed by atoms with Crippen molar-refractivity contribution in [2.45, 2.75) is 105 Å².